The van der Waals surface area contributed by atoms with E-state index in [0.717, 1.165) is 16.8 Å². The maximum atomic E-state index is 12.6. The Balaban J connectivity index is 1.66. The smallest absolute Gasteiger partial charge is 0.226 e. The van der Waals surface area contributed by atoms with Crippen LogP contribution in [0.1, 0.15) is 35.0 Å². The molecule has 1 amide bonds. The summed E-state index contributed by atoms with van der Waals surface area (Å²) in [4.78, 5) is 12.6. The van der Waals surface area contributed by atoms with E-state index in [9.17, 15) is 9.90 Å². The molecule has 0 unspecified atom stereocenters. The summed E-state index contributed by atoms with van der Waals surface area (Å²) in [5.74, 6) is 1.79. The van der Waals surface area contributed by atoms with Crippen LogP contribution in [0.2, 0.25) is 0 Å². The quantitative estimate of drug-likeness (QED) is 0.536. The molecule has 4 aromatic rings. The Morgan fingerprint density at radius 3 is 2.77 bits per heavy atom. The number of aromatic hydroxyl groups is 1. The molecule has 1 aromatic carbocycles. The molecule has 0 aliphatic carbocycles. The Hall–Kier alpha value is -3.95. The van der Waals surface area contributed by atoms with Crippen LogP contribution in [-0.4, -0.2) is 47.7 Å². The van der Waals surface area contributed by atoms with Crippen molar-refractivity contribution in [2.75, 3.05) is 12.4 Å². The molecule has 0 radical (unpaired) electrons. The fourth-order valence-electron chi connectivity index (χ4n) is 3.92. The molecule has 0 bridgehead atoms. The number of nitrogens with one attached hydrogen (secondary N) is 1. The Morgan fingerprint density at radius 2 is 2.00 bits per heavy atom. The number of methoxy groups -OCH3 is 1. The number of nitrogens with zero attached hydrogens (tertiary/aromatic N) is 6. The van der Waals surface area contributed by atoms with E-state index in [2.05, 4.69) is 25.7 Å². The monoisotopic (exact) mass is 405 g/mol. The van der Waals surface area contributed by atoms with Gasteiger partial charge in [-0.05, 0) is 43.7 Å². The van der Waals surface area contributed by atoms with Crippen LogP contribution in [0.5, 0.6) is 11.5 Å². The first-order valence-corrected chi connectivity index (χ1v) is 9.42. The summed E-state index contributed by atoms with van der Waals surface area (Å²) in [6.07, 6.45) is 0.252. The first kappa shape index (κ1) is 18.1. The lowest BCUT2D eigenvalue weighted by atomic mass is 9.85. The van der Waals surface area contributed by atoms with E-state index in [1.807, 2.05) is 19.9 Å². The van der Waals surface area contributed by atoms with Crippen LogP contribution in [0, 0.1) is 13.8 Å². The van der Waals surface area contributed by atoms with E-state index in [1.165, 1.54) is 7.11 Å². The third kappa shape index (κ3) is 2.68. The summed E-state index contributed by atoms with van der Waals surface area (Å²) in [7, 11) is 1.50. The second kappa shape index (κ2) is 6.55. The van der Waals surface area contributed by atoms with Crippen molar-refractivity contribution in [2.45, 2.75) is 26.2 Å². The van der Waals surface area contributed by atoms with Gasteiger partial charge in [0.1, 0.15) is 5.82 Å². The summed E-state index contributed by atoms with van der Waals surface area (Å²) in [6.45, 7) is 3.71. The lowest BCUT2D eigenvalue weighted by molar-refractivity contribution is -0.116. The average molecular weight is 405 g/mol. The number of ether oxygens (including phenoxy) is 1. The largest absolute Gasteiger partial charge is 0.504 e. The molecule has 4 heterocycles. The Bertz CT molecular complexity index is 1310. The van der Waals surface area contributed by atoms with Crippen LogP contribution in [0.4, 0.5) is 5.82 Å². The van der Waals surface area contributed by atoms with Crippen LogP contribution < -0.4 is 10.1 Å². The van der Waals surface area contributed by atoms with E-state index < -0.39 is 0 Å². The van der Waals surface area contributed by atoms with Gasteiger partial charge in [0, 0.05) is 17.9 Å². The van der Waals surface area contributed by atoms with Gasteiger partial charge in [-0.15, -0.1) is 15.3 Å². The molecule has 10 nitrogen and oxygen atoms in total. The van der Waals surface area contributed by atoms with Crippen molar-refractivity contribution in [1.29, 1.82) is 0 Å². The fourth-order valence-corrected chi connectivity index (χ4v) is 3.92. The number of hydrogen-bond acceptors (Lipinski definition) is 7. The van der Waals surface area contributed by atoms with E-state index in [0.29, 0.717) is 28.9 Å². The number of rotatable bonds is 3. The predicted octanol–water partition coefficient (Wildman–Crippen LogP) is 2.12. The molecule has 0 saturated carbocycles. The van der Waals surface area contributed by atoms with Crippen molar-refractivity contribution in [3.63, 3.8) is 0 Å². The van der Waals surface area contributed by atoms with Crippen LogP contribution in [0.15, 0.2) is 30.3 Å². The molecule has 2 N–H and O–H groups in total. The number of amides is 1. The molecule has 0 saturated heterocycles. The standard InChI is InChI=1S/C20H19N7O3/c1-10-19-13(12-4-5-15(30-3)14(28)8-12)9-18(29)21-20(19)27(24-10)17-7-6-16-23-22-11(2)26(16)25-17/h4-8,13,28H,9H2,1-3H3,(H,21,29)/t13-/m0/s1. The number of aryl methyl sites for hydroxylation is 2. The second-order valence-electron chi connectivity index (χ2n) is 7.20. The molecule has 0 spiro atoms. The van der Waals surface area contributed by atoms with E-state index in [4.69, 9.17) is 4.74 Å². The summed E-state index contributed by atoms with van der Waals surface area (Å²) in [5.41, 5.74) is 3.10. The Labute approximate surface area is 171 Å². The van der Waals surface area contributed by atoms with Gasteiger partial charge in [-0.25, -0.2) is 0 Å². The van der Waals surface area contributed by atoms with E-state index in [1.54, 1.807) is 33.5 Å². The van der Waals surface area contributed by atoms with Crippen molar-refractivity contribution in [2.24, 2.45) is 0 Å². The van der Waals surface area contributed by atoms with Gasteiger partial charge in [0.2, 0.25) is 5.91 Å². The first-order chi connectivity index (χ1) is 14.5. The van der Waals surface area contributed by atoms with Gasteiger partial charge >= 0.3 is 0 Å². The summed E-state index contributed by atoms with van der Waals surface area (Å²) < 4.78 is 8.38. The van der Waals surface area contributed by atoms with Crippen molar-refractivity contribution in [1.82, 2.24) is 29.6 Å². The number of phenols is 1. The van der Waals surface area contributed by atoms with Crippen LogP contribution in [0.25, 0.3) is 11.5 Å². The first-order valence-electron chi connectivity index (χ1n) is 9.42. The van der Waals surface area contributed by atoms with Gasteiger partial charge in [-0.3, -0.25) is 4.79 Å². The lowest BCUT2D eigenvalue weighted by Crippen LogP contribution is -2.25. The number of carbonyl (C=O) groups is 1. The number of fused-ring (bicyclic) bond motifs is 2. The van der Waals surface area contributed by atoms with Gasteiger partial charge in [0.25, 0.3) is 0 Å². The minimum atomic E-state index is -0.250. The molecular formula is C20H19N7O3. The minimum absolute atomic E-state index is 0.0303. The van der Waals surface area contributed by atoms with Gasteiger partial charge in [-0.1, -0.05) is 6.07 Å². The van der Waals surface area contributed by atoms with Crippen molar-refractivity contribution < 1.29 is 14.6 Å². The average Bonchev–Trinajstić information content (AvgIpc) is 3.27. The third-order valence-corrected chi connectivity index (χ3v) is 5.33. The number of benzene rings is 1. The maximum absolute atomic E-state index is 12.6. The number of hydrogen-bond donors (Lipinski definition) is 2. The minimum Gasteiger partial charge on any atom is -0.504 e. The molecule has 30 heavy (non-hydrogen) atoms. The van der Waals surface area contributed by atoms with Crippen LogP contribution in [0.3, 0.4) is 0 Å². The number of anilines is 1. The maximum Gasteiger partial charge on any atom is 0.226 e. The zero-order valence-corrected chi connectivity index (χ0v) is 16.6. The number of aromatic nitrogens is 6. The van der Waals surface area contributed by atoms with Gasteiger partial charge in [0.05, 0.1) is 12.8 Å². The Morgan fingerprint density at radius 1 is 1.17 bits per heavy atom. The molecule has 1 aliphatic rings. The highest BCUT2D eigenvalue weighted by atomic mass is 16.5. The number of phenolic OH excluding ortho intramolecular Hbond substituents is 1. The van der Waals surface area contributed by atoms with Crippen LogP contribution >= 0.6 is 0 Å². The molecule has 10 heteroatoms. The summed E-state index contributed by atoms with van der Waals surface area (Å²) >= 11 is 0. The zero-order chi connectivity index (χ0) is 21.0. The number of carbonyl (C=O) groups excluding carboxylic acids is 1. The molecule has 5 rings (SSSR count). The normalized spacial score (nSPS) is 15.8. The van der Waals surface area contributed by atoms with Gasteiger partial charge < -0.3 is 15.2 Å². The SMILES string of the molecule is COc1ccc([C@@H]2CC(=O)Nc3c2c(C)nn3-c2ccc3nnc(C)n3n2)cc1O. The van der Waals surface area contributed by atoms with E-state index in [-0.39, 0.29) is 24.0 Å². The molecule has 1 aliphatic heterocycles. The van der Waals surface area contributed by atoms with Gasteiger partial charge in [-0.2, -0.15) is 14.3 Å². The molecule has 3 aromatic heterocycles. The van der Waals surface area contributed by atoms with E-state index >= 15 is 0 Å². The van der Waals surface area contributed by atoms with Crippen molar-refractivity contribution in [3.05, 3.63) is 53.0 Å². The highest BCUT2D eigenvalue weighted by Crippen LogP contribution is 2.42. The highest BCUT2D eigenvalue weighted by Gasteiger charge is 2.33. The predicted molar refractivity (Wildman–Crippen MR) is 107 cm³/mol. The lowest BCUT2D eigenvalue weighted by Gasteiger charge is -2.24. The topological polar surface area (TPSA) is 119 Å². The second-order valence-corrected chi connectivity index (χ2v) is 7.20. The highest BCUT2D eigenvalue weighted by molar-refractivity contribution is 5.95. The summed E-state index contributed by atoms with van der Waals surface area (Å²) in [6, 6.07) is 8.77. The summed E-state index contributed by atoms with van der Waals surface area (Å²) in [5, 5.41) is 30.5. The van der Waals surface area contributed by atoms with Crippen molar-refractivity contribution >= 4 is 17.4 Å². The molecular weight excluding hydrogens is 386 g/mol. The van der Waals surface area contributed by atoms with Crippen molar-refractivity contribution in [3.8, 4) is 17.3 Å². The molecule has 0 fully saturated rings. The molecule has 1 atom stereocenters. The molecule has 152 valence electrons. The van der Waals surface area contributed by atoms with Gasteiger partial charge in [0.15, 0.2) is 28.8 Å². The fraction of sp³-hybridized carbons (Fsp3) is 0.250. The van der Waals surface area contributed by atoms with Crippen LogP contribution in [-0.2, 0) is 4.79 Å². The zero-order valence-electron chi connectivity index (χ0n) is 16.6. The Kier molecular flexibility index (Phi) is 3.95. The third-order valence-electron chi connectivity index (χ3n) is 5.33.